The molecule has 0 N–H and O–H groups in total. The van der Waals surface area contributed by atoms with Gasteiger partial charge in [0.05, 0.1) is 16.6 Å². The minimum absolute atomic E-state index is 0.0261. The zero-order valence-corrected chi connectivity index (χ0v) is 23.3. The number of nitrogens with zero attached hydrogens (tertiary/aromatic N) is 2. The fourth-order valence-corrected chi connectivity index (χ4v) is 5.95. The lowest BCUT2D eigenvalue weighted by Gasteiger charge is -2.38. The van der Waals surface area contributed by atoms with Crippen LogP contribution in [-0.2, 0) is 16.6 Å². The molecule has 1 aliphatic rings. The molecule has 4 nitrogen and oxygen atoms in total. The summed E-state index contributed by atoms with van der Waals surface area (Å²) >= 11 is 8.09. The third-order valence-corrected chi connectivity index (χ3v) is 8.01. The first kappa shape index (κ1) is 26.4. The molecule has 0 radical (unpaired) electrons. The van der Waals surface area contributed by atoms with Gasteiger partial charge in [-0.3, -0.25) is 9.59 Å². The Morgan fingerprint density at radius 1 is 1.08 bits per heavy atom. The molecule has 0 saturated heterocycles. The van der Waals surface area contributed by atoms with Crippen molar-refractivity contribution >= 4 is 34.8 Å². The molecule has 3 aromatic rings. The molecule has 0 bridgehead atoms. The minimum Gasteiger partial charge on any atom is -0.330 e. The highest BCUT2D eigenvalue weighted by Crippen LogP contribution is 2.38. The first-order valence-corrected chi connectivity index (χ1v) is 13.8. The molecule has 6 heteroatoms. The van der Waals surface area contributed by atoms with Crippen molar-refractivity contribution in [2.24, 2.45) is 5.92 Å². The van der Waals surface area contributed by atoms with E-state index >= 15 is 0 Å². The molecule has 36 heavy (non-hydrogen) atoms. The third-order valence-electron chi connectivity index (χ3n) is 6.68. The van der Waals surface area contributed by atoms with Crippen molar-refractivity contribution < 1.29 is 9.59 Å². The zero-order chi connectivity index (χ0) is 26.0. The van der Waals surface area contributed by atoms with Gasteiger partial charge in [0.1, 0.15) is 6.54 Å². The van der Waals surface area contributed by atoms with Crippen molar-refractivity contribution in [3.8, 4) is 0 Å². The van der Waals surface area contributed by atoms with E-state index in [1.54, 1.807) is 40.5 Å². The number of benzene rings is 2. The van der Waals surface area contributed by atoms with Gasteiger partial charge in [0.2, 0.25) is 5.91 Å². The predicted molar refractivity (Wildman–Crippen MR) is 149 cm³/mol. The number of carbonyl (C=O) groups is 2. The van der Waals surface area contributed by atoms with Gasteiger partial charge >= 0.3 is 0 Å². The third kappa shape index (κ3) is 5.68. The van der Waals surface area contributed by atoms with Crippen LogP contribution in [0.25, 0.3) is 0 Å². The monoisotopic (exact) mass is 522 g/mol. The summed E-state index contributed by atoms with van der Waals surface area (Å²) in [5.41, 5.74) is 4.05. The fraction of sp³-hybridized carbons (Fsp3) is 0.400. The lowest BCUT2D eigenvalue weighted by Crippen LogP contribution is -2.47. The first-order valence-electron chi connectivity index (χ1n) is 12.6. The Bertz CT molecular complexity index is 1230. The van der Waals surface area contributed by atoms with Crippen LogP contribution in [0.2, 0.25) is 5.02 Å². The Morgan fingerprint density at radius 2 is 1.78 bits per heavy atom. The maximum absolute atomic E-state index is 13.9. The largest absolute Gasteiger partial charge is 0.330 e. The van der Waals surface area contributed by atoms with E-state index in [9.17, 15) is 9.59 Å². The molecule has 2 heterocycles. The van der Waals surface area contributed by atoms with E-state index in [1.807, 2.05) is 4.90 Å². The highest BCUT2D eigenvalue weighted by Gasteiger charge is 2.34. The molecule has 1 atom stereocenters. The van der Waals surface area contributed by atoms with Crippen LogP contribution in [-0.4, -0.2) is 41.2 Å². The number of rotatable bonds is 6. The molecule has 0 spiro atoms. The molecule has 1 aliphatic heterocycles. The van der Waals surface area contributed by atoms with Crippen LogP contribution in [0.5, 0.6) is 0 Å². The average Bonchev–Trinajstić information content (AvgIpc) is 3.31. The Kier molecular flexibility index (Phi) is 7.91. The van der Waals surface area contributed by atoms with Crippen molar-refractivity contribution in [1.82, 2.24) is 9.80 Å². The van der Waals surface area contributed by atoms with Gasteiger partial charge in [-0.05, 0) is 58.0 Å². The summed E-state index contributed by atoms with van der Waals surface area (Å²) in [4.78, 5) is 32.2. The predicted octanol–water partition coefficient (Wildman–Crippen LogP) is 6.97. The van der Waals surface area contributed by atoms with Crippen LogP contribution in [0, 0.1) is 5.92 Å². The van der Waals surface area contributed by atoms with E-state index in [0.29, 0.717) is 23.7 Å². The second-order valence-corrected chi connectivity index (χ2v) is 12.4. The lowest BCUT2D eigenvalue weighted by molar-refractivity contribution is -0.134. The highest BCUT2D eigenvalue weighted by atomic mass is 35.5. The first-order chi connectivity index (χ1) is 17.1. The smallest absolute Gasteiger partial charge is 0.255 e. The summed E-state index contributed by atoms with van der Waals surface area (Å²) in [7, 11) is 0. The number of thiophene rings is 1. The van der Waals surface area contributed by atoms with Crippen molar-refractivity contribution in [3.63, 3.8) is 0 Å². The van der Waals surface area contributed by atoms with Gasteiger partial charge < -0.3 is 9.80 Å². The van der Waals surface area contributed by atoms with E-state index in [0.717, 1.165) is 12.0 Å². The highest BCUT2D eigenvalue weighted by molar-refractivity contribution is 7.10. The molecule has 0 saturated carbocycles. The van der Waals surface area contributed by atoms with Crippen LogP contribution >= 0.6 is 22.9 Å². The summed E-state index contributed by atoms with van der Waals surface area (Å²) < 4.78 is 0. The van der Waals surface area contributed by atoms with Crippen molar-refractivity contribution in [3.05, 3.63) is 92.1 Å². The number of halogens is 1. The van der Waals surface area contributed by atoms with Gasteiger partial charge in [0, 0.05) is 18.0 Å². The summed E-state index contributed by atoms with van der Waals surface area (Å²) in [5.74, 6) is -0.0328. The normalized spacial score (nSPS) is 15.6. The second kappa shape index (κ2) is 10.8. The Labute approximate surface area is 223 Å². The molecule has 2 amide bonds. The van der Waals surface area contributed by atoms with E-state index in [-0.39, 0.29) is 35.7 Å². The Hall–Kier alpha value is -2.63. The molecule has 1 unspecified atom stereocenters. The van der Waals surface area contributed by atoms with E-state index in [4.69, 9.17) is 11.6 Å². The van der Waals surface area contributed by atoms with Gasteiger partial charge in [0.15, 0.2) is 0 Å². The van der Waals surface area contributed by atoms with Crippen LogP contribution in [0.4, 0.5) is 0 Å². The van der Waals surface area contributed by atoms with Crippen LogP contribution in [0.3, 0.4) is 0 Å². The number of carbonyl (C=O) groups excluding carboxylic acids is 2. The average molecular weight is 523 g/mol. The van der Waals surface area contributed by atoms with E-state index in [2.05, 4.69) is 70.3 Å². The van der Waals surface area contributed by atoms with Crippen molar-refractivity contribution in [1.29, 1.82) is 0 Å². The lowest BCUT2D eigenvalue weighted by atomic mass is 9.85. The van der Waals surface area contributed by atoms with Gasteiger partial charge in [0.25, 0.3) is 5.91 Å². The van der Waals surface area contributed by atoms with Crippen LogP contribution in [0.15, 0.2) is 60.0 Å². The molecule has 0 fully saturated rings. The number of amides is 2. The standard InChI is InChI=1S/C30H35ClN2O2S/c1-20(2)18-32(29(35)23-8-6-7-9-25(23)31)19-27(34)33-16-14-26-24(15-17-36-26)28(33)21-10-12-22(13-11-21)30(3,4)5/h6-13,15,17,20,28H,14,16,18-19H2,1-5H3. The summed E-state index contributed by atoms with van der Waals surface area (Å²) in [5, 5.41) is 2.52. The minimum atomic E-state index is -0.207. The maximum Gasteiger partial charge on any atom is 0.255 e. The molecular formula is C30H35ClN2O2S. The quantitative estimate of drug-likeness (QED) is 0.350. The maximum atomic E-state index is 13.9. The number of hydrogen-bond donors (Lipinski definition) is 0. The topological polar surface area (TPSA) is 40.6 Å². The molecule has 1 aromatic heterocycles. The molecular weight excluding hydrogens is 488 g/mol. The van der Waals surface area contributed by atoms with Crippen molar-refractivity contribution in [2.75, 3.05) is 19.6 Å². The summed E-state index contributed by atoms with van der Waals surface area (Å²) in [6.07, 6.45) is 0.831. The number of fused-ring (bicyclic) bond motifs is 1. The van der Waals surface area contributed by atoms with Crippen LogP contribution in [0.1, 0.15) is 72.6 Å². The zero-order valence-electron chi connectivity index (χ0n) is 21.8. The fourth-order valence-electron chi connectivity index (χ4n) is 4.83. The molecule has 2 aromatic carbocycles. The summed E-state index contributed by atoms with van der Waals surface area (Å²) in [6, 6.07) is 17.7. The van der Waals surface area contributed by atoms with E-state index < -0.39 is 0 Å². The second-order valence-electron chi connectivity index (χ2n) is 11.0. The molecule has 190 valence electrons. The Balaban J connectivity index is 1.64. The summed E-state index contributed by atoms with van der Waals surface area (Å²) in [6.45, 7) is 11.9. The van der Waals surface area contributed by atoms with Gasteiger partial charge in [-0.15, -0.1) is 11.3 Å². The number of hydrogen-bond acceptors (Lipinski definition) is 3. The van der Waals surface area contributed by atoms with Gasteiger partial charge in [-0.1, -0.05) is 82.6 Å². The van der Waals surface area contributed by atoms with Crippen LogP contribution < -0.4 is 0 Å². The van der Waals surface area contributed by atoms with E-state index in [1.165, 1.54) is 16.0 Å². The van der Waals surface area contributed by atoms with Gasteiger partial charge in [-0.25, -0.2) is 0 Å². The SMILES string of the molecule is CC(C)CN(CC(=O)N1CCc2sccc2C1c1ccc(C(C)(C)C)cc1)C(=O)c1ccccc1Cl. The Morgan fingerprint density at radius 3 is 2.42 bits per heavy atom. The molecule has 4 rings (SSSR count). The van der Waals surface area contributed by atoms with Crippen molar-refractivity contribution in [2.45, 2.75) is 52.5 Å². The van der Waals surface area contributed by atoms with Gasteiger partial charge in [-0.2, -0.15) is 0 Å². The molecule has 0 aliphatic carbocycles.